The van der Waals surface area contributed by atoms with Gasteiger partial charge in [-0.15, -0.1) is 0 Å². The van der Waals surface area contributed by atoms with Gasteiger partial charge in [-0.05, 0) is 104 Å². The second kappa shape index (κ2) is 20.7. The lowest BCUT2D eigenvalue weighted by molar-refractivity contribution is -0.155. The number of likely N-dealkylation sites (tertiary alicyclic amines) is 1. The summed E-state index contributed by atoms with van der Waals surface area (Å²) in [5.74, 6) is -3.28. The number of aryl methyl sites for hydroxylation is 1. The third kappa shape index (κ3) is 10.4. The number of halogens is 2. The molecule has 2 N–H and O–H groups in total. The molecule has 6 bridgehead atoms. The number of fused-ring (bicyclic) bond motifs is 6. The summed E-state index contributed by atoms with van der Waals surface area (Å²) < 4.78 is 44.1. The molecule has 2 saturated heterocycles. The van der Waals surface area contributed by atoms with E-state index in [9.17, 15) is 32.8 Å². The number of ether oxygens (including phenoxy) is 2. The van der Waals surface area contributed by atoms with Gasteiger partial charge in [0.05, 0.1) is 30.0 Å². The number of pyridine rings is 1. The number of benzene rings is 2. The molecule has 5 heterocycles. The Hall–Kier alpha value is -6.00. The fraction of sp³-hybridized carbons (Fsp3) is 0.500. The number of carbonyl (C=O) groups excluding carboxylic acids is 5. The first-order chi connectivity index (χ1) is 32.4. The molecular weight excluding hydrogens is 873 g/mol. The van der Waals surface area contributed by atoms with E-state index in [-0.39, 0.29) is 49.6 Å². The highest BCUT2D eigenvalue weighted by atomic mass is 19.3. The van der Waals surface area contributed by atoms with Crippen molar-refractivity contribution in [2.24, 2.45) is 17.3 Å². The fourth-order valence-corrected chi connectivity index (χ4v) is 10.1. The molecule has 0 radical (unpaired) electrons. The lowest BCUT2D eigenvalue weighted by Crippen LogP contribution is -2.62. The highest BCUT2D eigenvalue weighted by molar-refractivity contribution is 5.96. The zero-order chi connectivity index (χ0) is 49.2. The number of rotatable bonds is 11. The Kier molecular flexibility index (Phi) is 15.2. The molecule has 1 unspecified atom stereocenters. The number of cyclic esters (lactones) is 1. The van der Waals surface area contributed by atoms with Crippen molar-refractivity contribution >= 4 is 40.5 Å². The molecule has 2 aromatic heterocycles. The molecule has 3 aliphatic rings. The van der Waals surface area contributed by atoms with E-state index < -0.39 is 59.6 Å². The number of alkyl halides is 2. The van der Waals surface area contributed by atoms with E-state index in [1.54, 1.807) is 38.1 Å². The maximum Gasteiger partial charge on any atom is 0.324 e. The maximum absolute atomic E-state index is 15.0. The van der Waals surface area contributed by atoms with Gasteiger partial charge in [0.25, 0.3) is 12.3 Å². The molecule has 16 heteroatoms. The first-order valence-electron chi connectivity index (χ1n) is 23.6. The van der Waals surface area contributed by atoms with Crippen LogP contribution in [0.2, 0.25) is 0 Å². The molecule has 68 heavy (non-hydrogen) atoms. The lowest BCUT2D eigenvalue weighted by atomic mass is 9.84. The van der Waals surface area contributed by atoms with Crippen LogP contribution in [0.15, 0.2) is 67.4 Å². The van der Waals surface area contributed by atoms with Crippen molar-refractivity contribution < 1.29 is 42.2 Å². The first kappa shape index (κ1) is 49.9. The van der Waals surface area contributed by atoms with Gasteiger partial charge in [-0.3, -0.25) is 34.0 Å². The Morgan fingerprint density at radius 1 is 1.07 bits per heavy atom. The SMILES string of the molecule is C=CC(=O)N1CC[C@H](C(=O)N(C)C(C(=O)N[C@H]2Cc3cc(cc(C(F)F)c3)-c3ccc4c(c3)c(c(-c3cccnc3[C@H](C)OC)n4CC)CC(C)(C)COC(=O)[C@@H]3CCCN(N3)C2=O)C(C)C)C1. The number of esters is 1. The van der Waals surface area contributed by atoms with Crippen LogP contribution in [0.4, 0.5) is 8.78 Å². The van der Waals surface area contributed by atoms with Gasteiger partial charge in [0.2, 0.25) is 17.7 Å². The van der Waals surface area contributed by atoms with Crippen LogP contribution >= 0.6 is 0 Å². The van der Waals surface area contributed by atoms with E-state index in [1.165, 1.54) is 35.2 Å². The van der Waals surface area contributed by atoms with Crippen LogP contribution in [0.3, 0.4) is 0 Å². The fourth-order valence-electron chi connectivity index (χ4n) is 10.1. The first-order valence-corrected chi connectivity index (χ1v) is 23.6. The Morgan fingerprint density at radius 2 is 1.84 bits per heavy atom. The second-order valence-corrected chi connectivity index (χ2v) is 19.5. The predicted molar refractivity (Wildman–Crippen MR) is 255 cm³/mol. The molecule has 5 atom stereocenters. The number of hydrogen-bond donors (Lipinski definition) is 2. The average Bonchev–Trinajstić information content (AvgIpc) is 3.94. The number of methoxy groups -OCH3 is 1. The Bertz CT molecular complexity index is 2580. The van der Waals surface area contributed by atoms with Crippen LogP contribution in [0.1, 0.15) is 95.7 Å². The Balaban J connectivity index is 1.34. The number of amides is 4. The molecule has 364 valence electrons. The van der Waals surface area contributed by atoms with Gasteiger partial charge in [-0.2, -0.15) is 0 Å². The standard InChI is InChI=1S/C52H65F2N7O7/c1-10-43(62)59-21-18-34(28-59)49(64)58(8)45(30(3)4)48(63)56-41-24-32-22-35(25-36(23-32)47(53)54)33-16-17-42-38(26-33)39(46(60(42)11-2)37-14-12-19-55-44(37)31(5)67-9)27-52(6,7)29-68-51(66)40-15-13-20-61(57-40)50(41)65/h10,12,14,16-17,19,22-23,25-26,30-31,34,40-41,45,47,57H,1,11,13,15,18,20-21,24,27-29H2,2-9H3,(H,56,63)/t31-,34-,40-,41-,45?/m0/s1. The van der Waals surface area contributed by atoms with Gasteiger partial charge in [0.1, 0.15) is 18.1 Å². The summed E-state index contributed by atoms with van der Waals surface area (Å²) in [6.07, 6.45) is 1.29. The smallest absolute Gasteiger partial charge is 0.324 e. The topological polar surface area (TPSA) is 155 Å². The minimum atomic E-state index is -2.86. The third-order valence-electron chi connectivity index (χ3n) is 13.7. The minimum absolute atomic E-state index is 0.0506. The van der Waals surface area contributed by atoms with Crippen molar-refractivity contribution in [3.8, 4) is 22.4 Å². The third-order valence-corrected chi connectivity index (χ3v) is 13.7. The highest BCUT2D eigenvalue weighted by Crippen LogP contribution is 2.42. The van der Waals surface area contributed by atoms with Crippen LogP contribution in [-0.4, -0.2) is 112 Å². The van der Waals surface area contributed by atoms with Gasteiger partial charge in [-0.1, -0.05) is 52.5 Å². The Morgan fingerprint density at radius 3 is 2.53 bits per heavy atom. The summed E-state index contributed by atoms with van der Waals surface area (Å²) in [5.41, 5.74) is 8.21. The van der Waals surface area contributed by atoms with Crippen LogP contribution in [0.25, 0.3) is 33.3 Å². The van der Waals surface area contributed by atoms with Gasteiger partial charge < -0.3 is 29.2 Å². The molecule has 0 spiro atoms. The van der Waals surface area contributed by atoms with E-state index >= 15 is 0 Å². The Labute approximate surface area is 397 Å². The van der Waals surface area contributed by atoms with Crippen LogP contribution in [0, 0.1) is 17.3 Å². The van der Waals surface area contributed by atoms with Gasteiger partial charge in [-0.25, -0.2) is 14.2 Å². The number of likely N-dealkylation sites (N-methyl/N-ethyl adjacent to an activating group) is 1. The summed E-state index contributed by atoms with van der Waals surface area (Å²) in [4.78, 5) is 77.2. The number of aromatic nitrogens is 2. The van der Waals surface area contributed by atoms with Gasteiger partial charge in [0.15, 0.2) is 0 Å². The number of nitrogens with one attached hydrogen (secondary N) is 2. The van der Waals surface area contributed by atoms with Crippen molar-refractivity contribution in [2.75, 3.05) is 40.4 Å². The van der Waals surface area contributed by atoms with Crippen LogP contribution in [-0.2, 0) is 52.8 Å². The van der Waals surface area contributed by atoms with Crippen molar-refractivity contribution in [2.45, 2.75) is 111 Å². The van der Waals surface area contributed by atoms with Crippen LogP contribution < -0.4 is 10.7 Å². The normalized spacial score (nSPS) is 20.8. The molecule has 14 nitrogen and oxygen atoms in total. The highest BCUT2D eigenvalue weighted by Gasteiger charge is 2.40. The number of carbonyl (C=O) groups is 5. The summed E-state index contributed by atoms with van der Waals surface area (Å²) in [6.45, 7) is 16.6. The van der Waals surface area contributed by atoms with Crippen molar-refractivity contribution in [3.05, 3.63) is 89.8 Å². The summed E-state index contributed by atoms with van der Waals surface area (Å²) in [6, 6.07) is 11.2. The predicted octanol–water partition coefficient (Wildman–Crippen LogP) is 7.20. The summed E-state index contributed by atoms with van der Waals surface area (Å²) in [7, 11) is 3.18. The van der Waals surface area contributed by atoms with E-state index in [0.29, 0.717) is 55.5 Å². The van der Waals surface area contributed by atoms with E-state index in [4.69, 9.17) is 14.5 Å². The summed E-state index contributed by atoms with van der Waals surface area (Å²) >= 11 is 0. The van der Waals surface area contributed by atoms with E-state index in [1.807, 2.05) is 51.1 Å². The van der Waals surface area contributed by atoms with Gasteiger partial charge in [0, 0.05) is 80.4 Å². The van der Waals surface area contributed by atoms with Crippen molar-refractivity contribution in [1.82, 2.24) is 35.1 Å². The minimum Gasteiger partial charge on any atom is -0.464 e. The van der Waals surface area contributed by atoms with Crippen molar-refractivity contribution in [1.29, 1.82) is 0 Å². The monoisotopic (exact) mass is 937 g/mol. The maximum atomic E-state index is 15.0. The van der Waals surface area contributed by atoms with Crippen molar-refractivity contribution in [3.63, 3.8) is 0 Å². The zero-order valence-electron chi connectivity index (χ0n) is 40.4. The average molecular weight is 938 g/mol. The second-order valence-electron chi connectivity index (χ2n) is 19.5. The largest absolute Gasteiger partial charge is 0.464 e. The number of nitrogens with zero attached hydrogens (tertiary/aromatic N) is 5. The number of hydrogen-bond acceptors (Lipinski definition) is 9. The molecule has 4 amide bonds. The van der Waals surface area contributed by atoms with Crippen LogP contribution in [0.5, 0.6) is 0 Å². The quantitative estimate of drug-likeness (QED) is 0.117. The van der Waals surface area contributed by atoms with E-state index in [0.717, 1.165) is 33.4 Å². The zero-order valence-corrected chi connectivity index (χ0v) is 40.4. The lowest BCUT2D eigenvalue weighted by Gasteiger charge is -2.37. The molecule has 3 aliphatic heterocycles. The molecule has 0 saturated carbocycles. The van der Waals surface area contributed by atoms with E-state index in [2.05, 4.69) is 28.8 Å². The summed E-state index contributed by atoms with van der Waals surface area (Å²) in [5, 5.41) is 5.12. The molecule has 2 fully saturated rings. The molecular formula is C52H65F2N7O7. The molecule has 7 rings (SSSR count). The molecule has 0 aliphatic carbocycles. The van der Waals surface area contributed by atoms with Gasteiger partial charge >= 0.3 is 5.97 Å². The number of hydrazine groups is 1. The molecule has 4 aromatic rings. The molecule has 2 aromatic carbocycles.